The standard InChI is InChI=1S/C29H40N8O/c1-20-8-9-23(16-20)35-12-14-36(15-13-35)24-10-11-26(30-19-24)32-29-31-18-21-17-25(28(38)34(2)3)37(27(21)33-29)22-6-4-5-7-22/h10-11,17-20,22-23H,4-9,12-16H2,1-3H3,(H,30,31,32,33). The Kier molecular flexibility index (Phi) is 6.95. The van der Waals surface area contributed by atoms with E-state index in [1.807, 2.05) is 24.5 Å². The van der Waals surface area contributed by atoms with Gasteiger partial charge in [0.2, 0.25) is 5.95 Å². The molecule has 9 heteroatoms. The third-order valence-electron chi connectivity index (χ3n) is 8.74. The Morgan fingerprint density at radius 2 is 1.76 bits per heavy atom. The largest absolute Gasteiger partial charge is 0.368 e. The van der Waals surface area contributed by atoms with E-state index in [-0.39, 0.29) is 5.91 Å². The molecule has 0 bridgehead atoms. The molecule has 6 rings (SSSR count). The Morgan fingerprint density at radius 3 is 2.42 bits per heavy atom. The van der Waals surface area contributed by atoms with E-state index in [4.69, 9.17) is 4.98 Å². The van der Waals surface area contributed by atoms with Gasteiger partial charge in [0.15, 0.2) is 0 Å². The van der Waals surface area contributed by atoms with Crippen molar-refractivity contribution in [3.05, 3.63) is 36.3 Å². The number of pyridine rings is 1. The highest BCUT2D eigenvalue weighted by atomic mass is 16.2. The molecule has 1 saturated heterocycles. The van der Waals surface area contributed by atoms with Crippen molar-refractivity contribution in [1.29, 1.82) is 0 Å². The molecule has 3 fully saturated rings. The lowest BCUT2D eigenvalue weighted by Crippen LogP contribution is -2.49. The number of piperazine rings is 1. The van der Waals surface area contributed by atoms with Crippen molar-refractivity contribution in [2.75, 3.05) is 50.5 Å². The van der Waals surface area contributed by atoms with Gasteiger partial charge in [-0.1, -0.05) is 19.8 Å². The molecule has 9 nitrogen and oxygen atoms in total. The number of aromatic nitrogens is 4. The molecule has 1 N–H and O–H groups in total. The molecule has 38 heavy (non-hydrogen) atoms. The van der Waals surface area contributed by atoms with Crippen molar-refractivity contribution in [3.63, 3.8) is 0 Å². The molecule has 3 aromatic heterocycles. The molecule has 2 aliphatic carbocycles. The van der Waals surface area contributed by atoms with E-state index >= 15 is 0 Å². The molecule has 202 valence electrons. The molecule has 3 aromatic rings. The Labute approximate surface area is 225 Å². The predicted octanol–water partition coefficient (Wildman–Crippen LogP) is 4.70. The summed E-state index contributed by atoms with van der Waals surface area (Å²) >= 11 is 0. The van der Waals surface area contributed by atoms with Crippen LogP contribution in [0, 0.1) is 5.92 Å². The lowest BCUT2D eigenvalue weighted by atomic mass is 10.1. The molecule has 3 aliphatic rings. The fraction of sp³-hybridized carbons (Fsp3) is 0.586. The first kappa shape index (κ1) is 25.1. The highest BCUT2D eigenvalue weighted by molar-refractivity contribution is 5.97. The third-order valence-corrected chi connectivity index (χ3v) is 8.74. The summed E-state index contributed by atoms with van der Waals surface area (Å²) in [5.41, 5.74) is 2.66. The van der Waals surface area contributed by atoms with Crippen LogP contribution in [0.2, 0.25) is 0 Å². The van der Waals surface area contributed by atoms with Crippen molar-refractivity contribution in [3.8, 4) is 0 Å². The summed E-state index contributed by atoms with van der Waals surface area (Å²) in [5.74, 6) is 2.09. The smallest absolute Gasteiger partial charge is 0.270 e. The fourth-order valence-corrected chi connectivity index (χ4v) is 6.61. The monoisotopic (exact) mass is 516 g/mol. The molecule has 4 heterocycles. The molecule has 2 saturated carbocycles. The van der Waals surface area contributed by atoms with Crippen LogP contribution in [-0.2, 0) is 0 Å². The second kappa shape index (κ2) is 10.5. The number of rotatable bonds is 6. The summed E-state index contributed by atoms with van der Waals surface area (Å²) in [4.78, 5) is 33.8. The average Bonchev–Trinajstić information content (AvgIpc) is 3.68. The maximum Gasteiger partial charge on any atom is 0.270 e. The topological polar surface area (TPSA) is 82.4 Å². The molecule has 0 radical (unpaired) electrons. The fourth-order valence-electron chi connectivity index (χ4n) is 6.61. The zero-order valence-electron chi connectivity index (χ0n) is 22.9. The molecule has 2 unspecified atom stereocenters. The zero-order chi connectivity index (χ0) is 26.2. The normalized spacial score (nSPS) is 22.9. The van der Waals surface area contributed by atoms with Gasteiger partial charge in [0.25, 0.3) is 5.91 Å². The highest BCUT2D eigenvalue weighted by Crippen LogP contribution is 2.35. The van der Waals surface area contributed by atoms with Crippen molar-refractivity contribution in [2.24, 2.45) is 5.92 Å². The maximum absolute atomic E-state index is 13.0. The minimum atomic E-state index is 0.000277. The Bertz CT molecular complexity index is 1270. The first-order valence-corrected chi connectivity index (χ1v) is 14.3. The summed E-state index contributed by atoms with van der Waals surface area (Å²) in [6.07, 6.45) is 12.3. The van der Waals surface area contributed by atoms with Crippen LogP contribution >= 0.6 is 0 Å². The van der Waals surface area contributed by atoms with Gasteiger partial charge in [0.05, 0.1) is 11.9 Å². The van der Waals surface area contributed by atoms with Gasteiger partial charge in [0.1, 0.15) is 17.2 Å². The van der Waals surface area contributed by atoms with Gasteiger partial charge < -0.3 is 19.7 Å². The van der Waals surface area contributed by atoms with Gasteiger partial charge in [0, 0.05) is 63.9 Å². The Hall–Kier alpha value is -3.20. The highest BCUT2D eigenvalue weighted by Gasteiger charge is 2.29. The van der Waals surface area contributed by atoms with E-state index < -0.39 is 0 Å². The number of fused-ring (bicyclic) bond motifs is 1. The van der Waals surface area contributed by atoms with Crippen LogP contribution in [-0.4, -0.2) is 81.5 Å². The van der Waals surface area contributed by atoms with Gasteiger partial charge in [-0.05, 0) is 56.2 Å². The lowest BCUT2D eigenvalue weighted by Gasteiger charge is -2.39. The quantitative estimate of drug-likeness (QED) is 0.509. The number of hydrogen-bond acceptors (Lipinski definition) is 7. The minimum absolute atomic E-state index is 0.000277. The molecule has 0 spiro atoms. The Morgan fingerprint density at radius 1 is 0.974 bits per heavy atom. The zero-order valence-corrected chi connectivity index (χ0v) is 22.9. The van der Waals surface area contributed by atoms with E-state index in [0.29, 0.717) is 17.7 Å². The van der Waals surface area contributed by atoms with E-state index in [1.54, 1.807) is 19.0 Å². The van der Waals surface area contributed by atoms with E-state index in [0.717, 1.165) is 73.5 Å². The number of hydrogen-bond donors (Lipinski definition) is 1. The lowest BCUT2D eigenvalue weighted by molar-refractivity contribution is 0.0815. The molecular formula is C29H40N8O. The van der Waals surface area contributed by atoms with Crippen LogP contribution in [0.15, 0.2) is 30.6 Å². The molecule has 2 atom stereocenters. The number of anilines is 3. The van der Waals surface area contributed by atoms with E-state index in [1.165, 1.54) is 32.1 Å². The van der Waals surface area contributed by atoms with Crippen LogP contribution in [0.3, 0.4) is 0 Å². The number of amides is 1. The second-order valence-corrected chi connectivity index (χ2v) is 11.6. The van der Waals surface area contributed by atoms with Crippen molar-refractivity contribution >= 4 is 34.4 Å². The van der Waals surface area contributed by atoms with Gasteiger partial charge in [-0.25, -0.2) is 9.97 Å². The molecule has 1 amide bonds. The first-order valence-electron chi connectivity index (χ1n) is 14.3. The second-order valence-electron chi connectivity index (χ2n) is 11.6. The van der Waals surface area contributed by atoms with Gasteiger partial charge in [-0.3, -0.25) is 9.69 Å². The summed E-state index contributed by atoms with van der Waals surface area (Å²) < 4.78 is 2.14. The summed E-state index contributed by atoms with van der Waals surface area (Å²) in [6, 6.07) is 7.14. The molecule has 0 aromatic carbocycles. The van der Waals surface area contributed by atoms with Crippen LogP contribution < -0.4 is 10.2 Å². The van der Waals surface area contributed by atoms with Crippen LogP contribution in [0.1, 0.15) is 68.4 Å². The van der Waals surface area contributed by atoms with Crippen LogP contribution in [0.4, 0.5) is 17.5 Å². The number of carbonyl (C=O) groups is 1. The number of carbonyl (C=O) groups excluding carboxylic acids is 1. The minimum Gasteiger partial charge on any atom is -0.368 e. The van der Waals surface area contributed by atoms with Gasteiger partial charge >= 0.3 is 0 Å². The summed E-state index contributed by atoms with van der Waals surface area (Å²) in [7, 11) is 3.59. The van der Waals surface area contributed by atoms with Crippen molar-refractivity contribution < 1.29 is 4.79 Å². The predicted molar refractivity (Wildman–Crippen MR) is 151 cm³/mol. The van der Waals surface area contributed by atoms with Crippen molar-refractivity contribution in [2.45, 2.75) is 64.0 Å². The number of nitrogens with one attached hydrogen (secondary N) is 1. The van der Waals surface area contributed by atoms with E-state index in [2.05, 4.69) is 42.6 Å². The average molecular weight is 517 g/mol. The van der Waals surface area contributed by atoms with E-state index in [9.17, 15) is 4.79 Å². The van der Waals surface area contributed by atoms with Crippen LogP contribution in [0.25, 0.3) is 11.0 Å². The van der Waals surface area contributed by atoms with Crippen molar-refractivity contribution in [1.82, 2.24) is 29.3 Å². The summed E-state index contributed by atoms with van der Waals surface area (Å²) in [6.45, 7) is 6.74. The molecule has 1 aliphatic heterocycles. The molecular weight excluding hydrogens is 476 g/mol. The Balaban J connectivity index is 1.16. The van der Waals surface area contributed by atoms with Crippen LogP contribution in [0.5, 0.6) is 0 Å². The maximum atomic E-state index is 13.0. The number of nitrogens with zero attached hydrogens (tertiary/aromatic N) is 7. The SMILES string of the molecule is CC1CCC(N2CCN(c3ccc(Nc4ncc5cc(C(=O)N(C)C)n(C6CCCC6)c5n4)nc3)CC2)C1. The van der Waals surface area contributed by atoms with Gasteiger partial charge in [-0.15, -0.1) is 0 Å². The third kappa shape index (κ3) is 4.96. The van der Waals surface area contributed by atoms with Gasteiger partial charge in [-0.2, -0.15) is 4.98 Å². The summed E-state index contributed by atoms with van der Waals surface area (Å²) in [5, 5.41) is 4.18. The first-order chi connectivity index (χ1) is 18.5.